The summed E-state index contributed by atoms with van der Waals surface area (Å²) in [6, 6.07) is 23.4. The van der Waals surface area contributed by atoms with Crippen molar-refractivity contribution in [3.63, 3.8) is 0 Å². The van der Waals surface area contributed by atoms with Crippen molar-refractivity contribution >= 4 is 40.7 Å². The minimum atomic E-state index is -0.859. The number of aromatic nitrogens is 4. The fourth-order valence-corrected chi connectivity index (χ4v) is 12.6. The minimum absolute atomic E-state index is 0.0251. The van der Waals surface area contributed by atoms with Crippen molar-refractivity contribution in [3.8, 4) is 29.0 Å². The van der Waals surface area contributed by atoms with Crippen molar-refractivity contribution in [2.24, 2.45) is 11.8 Å². The van der Waals surface area contributed by atoms with Gasteiger partial charge in [-0.2, -0.15) is 5.26 Å². The summed E-state index contributed by atoms with van der Waals surface area (Å²) in [7, 11) is 0. The number of hydrogen-bond acceptors (Lipinski definition) is 17. The SMILES string of the molecule is CC(C)[C@H](C(=O)N1C[C@H](O)C[C@H]1C(=O)N[C@@H](C)c1ccc(C#N)cc1)c1cc(N2CCC(C(=O)N3CCC(O[C@H]4C[C@H](Oc5cc(N6C7CCC6CN(c6cc(-c8ccccc8O)nnc6N)C7)ccn5)C4)CC3)CC2)no1. The summed E-state index contributed by atoms with van der Waals surface area (Å²) >= 11 is 0. The Bertz CT molecular complexity index is 2990. The van der Waals surface area contributed by atoms with Gasteiger partial charge in [0.1, 0.15) is 23.8 Å². The number of pyridine rings is 1. The number of nitrogens with one attached hydrogen (secondary N) is 1. The number of ether oxygens (including phenoxy) is 2. The minimum Gasteiger partial charge on any atom is -0.507 e. The van der Waals surface area contributed by atoms with Crippen molar-refractivity contribution in [3.05, 3.63) is 95.9 Å². The second-order valence-corrected chi connectivity index (χ2v) is 22.5. The molecule has 8 heterocycles. The van der Waals surface area contributed by atoms with Gasteiger partial charge in [-0.15, -0.1) is 10.2 Å². The van der Waals surface area contributed by atoms with Gasteiger partial charge in [-0.05, 0) is 93.3 Å². The number of nitrogens with two attached hydrogens (primary N) is 1. The number of nitrogen functional groups attached to an aromatic ring is 1. The summed E-state index contributed by atoms with van der Waals surface area (Å²) in [5, 5.41) is 46.2. The highest BCUT2D eigenvalue weighted by Gasteiger charge is 2.45. The van der Waals surface area contributed by atoms with Gasteiger partial charge < -0.3 is 59.8 Å². The number of hydrogen-bond donors (Lipinski definition) is 4. The number of carbonyl (C=O) groups is 3. The number of β-amino-alcohol motifs (C(OH)–C–C–N with tert-alkyl or cyclic N) is 1. The number of nitrogens with zero attached hydrogens (tertiary/aromatic N) is 10. The van der Waals surface area contributed by atoms with Gasteiger partial charge in [0.15, 0.2) is 17.4 Å². The molecule has 11 rings (SSSR count). The first-order valence-corrected chi connectivity index (χ1v) is 27.8. The standard InChI is InChI=1S/C58H70N12O8/c1-34(2)54(58(75)69-33-42(71)25-49(69)56(73)62-35(3)37-10-8-36(30-59)9-11-37)51-29-52(65-78-51)66-20-15-38(16-21-66)57(74)67-22-17-43(18-23-67)76-44-26-45(27-44)77-53-24-39(14-19-61-53)70-40-12-13-41(70)32-68(31-40)48-28-47(63-64-55(48)60)46-6-4-5-7-50(46)72/h4-11,14,19,24,28-29,34-35,38,40-45,49,54,71-72H,12-13,15-18,20-23,25-27,31-33H2,1-3H3,(H2,60,64)(H,62,73)/t35-,40?,41?,42+,44-,45-,49-,54-/m0/s1. The Morgan fingerprint density at radius 2 is 1.56 bits per heavy atom. The molecule has 2 bridgehead atoms. The molecule has 2 aromatic carbocycles. The number of nitriles is 1. The molecule has 6 aliphatic rings. The Morgan fingerprint density at radius 3 is 2.27 bits per heavy atom. The third kappa shape index (κ3) is 11.0. The van der Waals surface area contributed by atoms with Crippen LogP contribution in [0.25, 0.3) is 11.3 Å². The van der Waals surface area contributed by atoms with Gasteiger partial charge in [-0.3, -0.25) is 14.4 Å². The summed E-state index contributed by atoms with van der Waals surface area (Å²) in [5.74, 6) is 0.674. The number of amides is 3. The number of aromatic hydroxyl groups is 1. The second-order valence-electron chi connectivity index (χ2n) is 22.5. The molecule has 0 spiro atoms. The quantitative estimate of drug-likeness (QED) is 0.0944. The van der Waals surface area contributed by atoms with Gasteiger partial charge in [0.25, 0.3) is 0 Å². The molecule has 20 nitrogen and oxygen atoms in total. The number of benzene rings is 2. The lowest BCUT2D eigenvalue weighted by Crippen LogP contribution is -2.54. The first-order valence-electron chi connectivity index (χ1n) is 27.8. The number of aliphatic hydroxyl groups is 1. The van der Waals surface area contributed by atoms with Crippen molar-refractivity contribution in [2.45, 2.75) is 133 Å². The Morgan fingerprint density at radius 1 is 0.833 bits per heavy atom. The van der Waals surface area contributed by atoms with Crippen LogP contribution in [0, 0.1) is 23.2 Å². The number of phenols is 1. The van der Waals surface area contributed by atoms with Gasteiger partial charge in [-0.1, -0.05) is 43.3 Å². The fourth-order valence-electron chi connectivity index (χ4n) is 12.6. The van der Waals surface area contributed by atoms with E-state index in [2.05, 4.69) is 58.6 Å². The maximum absolute atomic E-state index is 14.3. The molecular formula is C58H70N12O8. The van der Waals surface area contributed by atoms with Crippen LogP contribution in [0.5, 0.6) is 11.6 Å². The number of fused-ring (bicyclic) bond motifs is 2. The molecule has 20 heteroatoms. The van der Waals surface area contributed by atoms with Crippen LogP contribution < -0.4 is 30.5 Å². The highest BCUT2D eigenvalue weighted by molar-refractivity contribution is 5.91. The third-order valence-corrected chi connectivity index (χ3v) is 17.0. The number of para-hydroxylation sites is 1. The molecule has 6 atom stereocenters. The molecule has 2 unspecified atom stereocenters. The number of rotatable bonds is 15. The molecule has 3 aromatic heterocycles. The number of carbonyl (C=O) groups excluding carboxylic acids is 3. The van der Waals surface area contributed by atoms with E-state index in [0.717, 1.165) is 68.6 Å². The molecule has 5 saturated heterocycles. The van der Waals surface area contributed by atoms with E-state index >= 15 is 0 Å². The van der Waals surface area contributed by atoms with Crippen molar-refractivity contribution < 1.29 is 38.6 Å². The average Bonchev–Trinajstić information content (AvgIpc) is 4.31. The first kappa shape index (κ1) is 52.5. The lowest BCUT2D eigenvalue weighted by Gasteiger charge is -2.43. The van der Waals surface area contributed by atoms with Gasteiger partial charge in [0.2, 0.25) is 23.6 Å². The molecule has 0 radical (unpaired) electrons. The lowest BCUT2D eigenvalue weighted by molar-refractivity contribution is -0.142. The zero-order chi connectivity index (χ0) is 54.2. The van der Waals surface area contributed by atoms with Crippen LogP contribution >= 0.6 is 0 Å². The van der Waals surface area contributed by atoms with Crippen LogP contribution in [0.1, 0.15) is 107 Å². The first-order chi connectivity index (χ1) is 37.8. The zero-order valence-corrected chi connectivity index (χ0v) is 44.6. The van der Waals surface area contributed by atoms with E-state index in [1.165, 1.54) is 4.90 Å². The molecular weight excluding hydrogens is 993 g/mol. The van der Waals surface area contributed by atoms with E-state index < -0.39 is 18.1 Å². The molecule has 1 saturated carbocycles. The van der Waals surface area contributed by atoms with Crippen LogP contribution in [0.2, 0.25) is 0 Å². The molecule has 1 aliphatic carbocycles. The topological polar surface area (TPSA) is 253 Å². The van der Waals surface area contributed by atoms with Gasteiger partial charge in [-0.25, -0.2) is 4.98 Å². The summed E-state index contributed by atoms with van der Waals surface area (Å²) < 4.78 is 18.8. The fraction of sp³-hybridized carbons (Fsp3) is 0.517. The monoisotopic (exact) mass is 1060 g/mol. The maximum atomic E-state index is 14.3. The van der Waals surface area contributed by atoms with E-state index in [9.17, 15) is 24.6 Å². The number of likely N-dealkylation sites (tertiary alicyclic amines) is 2. The smallest absolute Gasteiger partial charge is 0.243 e. The second kappa shape index (κ2) is 22.5. The maximum Gasteiger partial charge on any atom is 0.243 e. The van der Waals surface area contributed by atoms with Gasteiger partial charge in [0.05, 0.1) is 47.4 Å². The molecule has 3 amide bonds. The van der Waals surface area contributed by atoms with Gasteiger partial charge in [0, 0.05) is 113 Å². The molecule has 6 fully saturated rings. The Balaban J connectivity index is 0.609. The summed E-state index contributed by atoms with van der Waals surface area (Å²) in [4.78, 5) is 56.7. The average molecular weight is 1060 g/mol. The lowest BCUT2D eigenvalue weighted by atomic mass is 9.91. The van der Waals surface area contributed by atoms with Gasteiger partial charge >= 0.3 is 0 Å². The summed E-state index contributed by atoms with van der Waals surface area (Å²) in [6.07, 6.45) is 7.98. The van der Waals surface area contributed by atoms with Crippen molar-refractivity contribution in [1.29, 1.82) is 5.26 Å². The van der Waals surface area contributed by atoms with Crippen LogP contribution in [0.3, 0.4) is 0 Å². The Hall–Kier alpha value is -7.50. The predicted molar refractivity (Wildman–Crippen MR) is 290 cm³/mol. The molecule has 5 N–H and O–H groups in total. The number of piperazine rings is 1. The van der Waals surface area contributed by atoms with Crippen LogP contribution in [0.4, 0.5) is 23.0 Å². The van der Waals surface area contributed by atoms with E-state index in [4.69, 9.17) is 25.0 Å². The molecule has 410 valence electrons. The van der Waals surface area contributed by atoms with E-state index in [1.54, 1.807) is 42.5 Å². The van der Waals surface area contributed by atoms with Crippen molar-refractivity contribution in [2.75, 3.05) is 66.2 Å². The van der Waals surface area contributed by atoms with E-state index in [1.807, 2.05) is 50.1 Å². The number of aliphatic hydroxyl groups excluding tert-OH is 1. The van der Waals surface area contributed by atoms with Crippen molar-refractivity contribution in [1.82, 2.24) is 35.5 Å². The van der Waals surface area contributed by atoms with Crippen LogP contribution in [-0.4, -0.2) is 146 Å². The van der Waals surface area contributed by atoms with E-state index in [-0.39, 0.29) is 84.7 Å². The zero-order valence-electron chi connectivity index (χ0n) is 44.6. The van der Waals surface area contributed by atoms with E-state index in [0.29, 0.717) is 79.1 Å². The summed E-state index contributed by atoms with van der Waals surface area (Å²) in [5.41, 5.74) is 10.9. The Kier molecular flexibility index (Phi) is 15.1. The van der Waals surface area contributed by atoms with Crippen LogP contribution in [0.15, 0.2) is 83.5 Å². The molecule has 78 heavy (non-hydrogen) atoms. The number of piperidine rings is 2. The third-order valence-electron chi connectivity index (χ3n) is 17.0. The van der Waals surface area contributed by atoms with Crippen LogP contribution in [-0.2, 0) is 19.1 Å². The predicted octanol–water partition coefficient (Wildman–Crippen LogP) is 5.96. The molecule has 5 aliphatic heterocycles. The summed E-state index contributed by atoms with van der Waals surface area (Å²) in [6.45, 7) is 9.85. The normalized spacial score (nSPS) is 24.4. The Labute approximate surface area is 454 Å². The number of phenolic OH excluding ortho intramolecular Hbond substituents is 1. The number of anilines is 4. The highest BCUT2D eigenvalue weighted by atomic mass is 16.5. The highest BCUT2D eigenvalue weighted by Crippen LogP contribution is 2.41. The largest absolute Gasteiger partial charge is 0.507 e. The molecule has 5 aromatic rings.